The first-order valence-corrected chi connectivity index (χ1v) is 5.12. The predicted molar refractivity (Wildman–Crippen MR) is 55.0 cm³/mol. The molecule has 2 rings (SSSR count). The number of rotatable bonds is 1. The van der Waals surface area contributed by atoms with Crippen molar-refractivity contribution in [2.24, 2.45) is 7.05 Å². The maximum atomic E-state index is 5.01. The summed E-state index contributed by atoms with van der Waals surface area (Å²) in [5.74, 6) is 0. The van der Waals surface area contributed by atoms with E-state index in [1.807, 2.05) is 17.8 Å². The van der Waals surface area contributed by atoms with E-state index >= 15 is 0 Å². The monoisotopic (exact) mass is 198 g/mol. The number of nitrogens with one attached hydrogen (secondary N) is 1. The first-order chi connectivity index (χ1) is 6.83. The first-order valence-electron chi connectivity index (χ1n) is 5.12. The fraction of sp³-hybridized carbons (Fsp3) is 0.700. The van der Waals surface area contributed by atoms with Gasteiger partial charge in [0, 0.05) is 13.1 Å². The lowest BCUT2D eigenvalue weighted by atomic mass is 10.5. The summed E-state index contributed by atoms with van der Waals surface area (Å²) in [6.07, 6.45) is 6.14. The Labute approximate surface area is 85.5 Å². The molecule has 1 fully saturated rings. The summed E-state index contributed by atoms with van der Waals surface area (Å²) in [5.41, 5.74) is 0. The van der Waals surface area contributed by atoms with Gasteiger partial charge in [-0.05, 0) is 6.92 Å². The Morgan fingerprint density at radius 3 is 2.36 bits per heavy atom. The number of hydrogen-bond donors (Lipinski definition) is 1. The van der Waals surface area contributed by atoms with E-state index in [4.69, 9.17) is 4.74 Å². The summed E-state index contributed by atoms with van der Waals surface area (Å²) in [4.78, 5) is 0. The average Bonchev–Trinajstić information content (AvgIpc) is 2.68. The Morgan fingerprint density at radius 1 is 1.43 bits per heavy atom. The van der Waals surface area contributed by atoms with E-state index in [-0.39, 0.29) is 0 Å². The van der Waals surface area contributed by atoms with Gasteiger partial charge in [0.2, 0.25) is 6.33 Å². The van der Waals surface area contributed by atoms with Crippen LogP contribution < -0.4 is 9.88 Å². The lowest BCUT2D eigenvalue weighted by molar-refractivity contribution is -0.693. The van der Waals surface area contributed by atoms with Crippen LogP contribution in [-0.2, 0) is 18.3 Å². The molecule has 1 aromatic heterocycles. The molecule has 4 heteroatoms. The van der Waals surface area contributed by atoms with Crippen LogP contribution in [0.5, 0.6) is 0 Å². The fourth-order valence-electron chi connectivity index (χ4n) is 1.20. The minimum absolute atomic E-state index is 0.889. The third kappa shape index (κ3) is 4.39. The van der Waals surface area contributed by atoms with E-state index in [9.17, 15) is 0 Å². The van der Waals surface area contributed by atoms with Gasteiger partial charge in [-0.3, -0.25) is 0 Å². The zero-order valence-corrected chi connectivity index (χ0v) is 9.07. The highest BCUT2D eigenvalue weighted by atomic mass is 16.5. The van der Waals surface area contributed by atoms with E-state index in [0.717, 1.165) is 32.8 Å². The van der Waals surface area contributed by atoms with Crippen LogP contribution in [-0.4, -0.2) is 30.9 Å². The van der Waals surface area contributed by atoms with Crippen LogP contribution >= 0.6 is 0 Å². The number of hydrogen-bond acceptors (Lipinski definition) is 2. The molecule has 0 spiro atoms. The zero-order chi connectivity index (χ0) is 10.2. The molecule has 0 amide bonds. The van der Waals surface area contributed by atoms with Crippen molar-refractivity contribution in [3.8, 4) is 0 Å². The van der Waals surface area contributed by atoms with E-state index in [2.05, 4.69) is 29.3 Å². The highest BCUT2D eigenvalue weighted by Crippen LogP contribution is 1.76. The van der Waals surface area contributed by atoms with Crippen LogP contribution in [0.25, 0.3) is 0 Å². The molecule has 14 heavy (non-hydrogen) atoms. The maximum Gasteiger partial charge on any atom is 0.243 e. The molecule has 0 unspecified atom stereocenters. The van der Waals surface area contributed by atoms with Crippen molar-refractivity contribution in [2.45, 2.75) is 13.5 Å². The highest BCUT2D eigenvalue weighted by Gasteiger charge is 1.93. The summed E-state index contributed by atoms with van der Waals surface area (Å²) < 4.78 is 9.16. The van der Waals surface area contributed by atoms with Gasteiger partial charge in [-0.15, -0.1) is 0 Å². The van der Waals surface area contributed by atoms with E-state index < -0.39 is 0 Å². The van der Waals surface area contributed by atoms with Gasteiger partial charge in [0.05, 0.1) is 26.8 Å². The van der Waals surface area contributed by atoms with E-state index in [1.165, 1.54) is 0 Å². The Balaban J connectivity index is 0.000000146. The van der Waals surface area contributed by atoms with Gasteiger partial charge in [-0.2, -0.15) is 0 Å². The third-order valence-electron chi connectivity index (χ3n) is 2.04. The molecule has 0 atom stereocenters. The van der Waals surface area contributed by atoms with Crippen molar-refractivity contribution < 1.29 is 9.30 Å². The molecule has 0 saturated carbocycles. The second-order valence-electron chi connectivity index (χ2n) is 3.27. The van der Waals surface area contributed by atoms with Gasteiger partial charge in [0.15, 0.2) is 0 Å². The summed E-state index contributed by atoms with van der Waals surface area (Å²) in [6.45, 7) is 7.01. The molecule has 1 aliphatic rings. The van der Waals surface area contributed by atoms with Crippen LogP contribution in [0.3, 0.4) is 0 Å². The Morgan fingerprint density at radius 2 is 2.14 bits per heavy atom. The van der Waals surface area contributed by atoms with Crippen molar-refractivity contribution in [3.63, 3.8) is 0 Å². The lowest BCUT2D eigenvalue weighted by Crippen LogP contribution is -2.30. The molecular formula is C10H20N3O+. The number of imidazole rings is 1. The van der Waals surface area contributed by atoms with Gasteiger partial charge in [-0.1, -0.05) is 0 Å². The second kappa shape index (κ2) is 6.56. The molecule has 1 aromatic rings. The highest BCUT2D eigenvalue weighted by molar-refractivity contribution is 4.61. The van der Waals surface area contributed by atoms with Crippen molar-refractivity contribution in [1.29, 1.82) is 0 Å². The third-order valence-corrected chi connectivity index (χ3v) is 2.04. The Bertz CT molecular complexity index is 232. The topological polar surface area (TPSA) is 30.1 Å². The number of morpholine rings is 1. The summed E-state index contributed by atoms with van der Waals surface area (Å²) in [5, 5.41) is 3.16. The van der Waals surface area contributed by atoms with E-state index in [0.29, 0.717) is 0 Å². The van der Waals surface area contributed by atoms with Crippen LogP contribution in [0.1, 0.15) is 6.92 Å². The van der Waals surface area contributed by atoms with Crippen molar-refractivity contribution in [3.05, 3.63) is 18.7 Å². The number of ether oxygens (including phenoxy) is 1. The Kier molecular flexibility index (Phi) is 5.25. The van der Waals surface area contributed by atoms with Crippen LogP contribution in [0.4, 0.5) is 0 Å². The average molecular weight is 198 g/mol. The first kappa shape index (κ1) is 11.2. The number of aryl methyl sites for hydroxylation is 2. The van der Waals surface area contributed by atoms with Gasteiger partial charge >= 0.3 is 0 Å². The normalized spacial score (nSPS) is 15.9. The molecule has 0 bridgehead atoms. The fourth-order valence-corrected chi connectivity index (χ4v) is 1.20. The largest absolute Gasteiger partial charge is 0.379 e. The number of aromatic nitrogens is 2. The van der Waals surface area contributed by atoms with Crippen molar-refractivity contribution in [2.75, 3.05) is 26.3 Å². The summed E-state index contributed by atoms with van der Waals surface area (Å²) in [7, 11) is 2.02. The molecule has 80 valence electrons. The molecule has 1 N–H and O–H groups in total. The Hall–Kier alpha value is -0.870. The predicted octanol–water partition coefficient (Wildman–Crippen LogP) is -0.0613. The van der Waals surface area contributed by atoms with Crippen LogP contribution in [0.2, 0.25) is 0 Å². The molecular weight excluding hydrogens is 178 g/mol. The second-order valence-corrected chi connectivity index (χ2v) is 3.27. The molecule has 2 heterocycles. The minimum atomic E-state index is 0.889. The number of nitrogens with zero attached hydrogens (tertiary/aromatic N) is 2. The molecule has 4 nitrogen and oxygen atoms in total. The molecule has 0 aliphatic carbocycles. The van der Waals surface area contributed by atoms with Gasteiger partial charge in [0.25, 0.3) is 0 Å². The van der Waals surface area contributed by atoms with Crippen LogP contribution in [0, 0.1) is 0 Å². The summed E-state index contributed by atoms with van der Waals surface area (Å²) >= 11 is 0. The maximum absolute atomic E-state index is 5.01. The standard InChI is InChI=1S/C6H11N2.C4H9NO/c1-3-8-5-4-7(2)6-8;1-3-6-4-2-5-1/h4-6H,3H2,1-2H3;5H,1-4H2/q+1;. The SMILES string of the molecule is C1COCCN1.CC[n+]1ccn(C)c1. The molecule has 1 saturated heterocycles. The van der Waals surface area contributed by atoms with Gasteiger partial charge < -0.3 is 10.1 Å². The molecule has 0 aromatic carbocycles. The minimum Gasteiger partial charge on any atom is -0.379 e. The van der Waals surface area contributed by atoms with E-state index in [1.54, 1.807) is 0 Å². The summed E-state index contributed by atoms with van der Waals surface area (Å²) in [6, 6.07) is 0. The van der Waals surface area contributed by atoms with Crippen LogP contribution in [0.15, 0.2) is 18.7 Å². The lowest BCUT2D eigenvalue weighted by Gasteiger charge is -2.10. The smallest absolute Gasteiger partial charge is 0.243 e. The molecule has 0 radical (unpaired) electrons. The zero-order valence-electron chi connectivity index (χ0n) is 9.07. The van der Waals surface area contributed by atoms with Crippen molar-refractivity contribution in [1.82, 2.24) is 9.88 Å². The van der Waals surface area contributed by atoms with Gasteiger partial charge in [0.1, 0.15) is 12.4 Å². The quantitative estimate of drug-likeness (QED) is 0.641. The van der Waals surface area contributed by atoms with Crippen molar-refractivity contribution >= 4 is 0 Å². The molecule has 1 aliphatic heterocycles. The van der Waals surface area contributed by atoms with Gasteiger partial charge in [-0.25, -0.2) is 9.13 Å².